The van der Waals surface area contributed by atoms with Gasteiger partial charge in [-0.25, -0.2) is 4.79 Å². The zero-order chi connectivity index (χ0) is 16.4. The smallest absolute Gasteiger partial charge is 0.465 e. The summed E-state index contributed by atoms with van der Waals surface area (Å²) >= 11 is 0. The molecule has 0 aliphatic rings. The number of hydrogen-bond acceptors (Lipinski definition) is 6. The van der Waals surface area contributed by atoms with E-state index in [-0.39, 0.29) is 18.0 Å². The minimum absolute atomic E-state index is 0. The lowest BCUT2D eigenvalue weighted by Crippen LogP contribution is -2.53. The van der Waals surface area contributed by atoms with Gasteiger partial charge in [-0.2, -0.15) is 0 Å². The number of carbonyl (C=O) groups is 1. The quantitative estimate of drug-likeness (QED) is 0.418. The van der Waals surface area contributed by atoms with Crippen molar-refractivity contribution in [3.8, 4) is 0 Å². The molecule has 22 heavy (non-hydrogen) atoms. The summed E-state index contributed by atoms with van der Waals surface area (Å²) < 4.78 is 10.1. The predicted molar refractivity (Wildman–Crippen MR) is 88.5 cm³/mol. The minimum atomic E-state index is -1.33. The Bertz CT molecular complexity index is 530. The van der Waals surface area contributed by atoms with Gasteiger partial charge >= 0.3 is 13.1 Å². The molecular weight excluding hydrogens is 308 g/mol. The molecule has 6 nitrogen and oxygen atoms in total. The van der Waals surface area contributed by atoms with E-state index in [0.717, 1.165) is 0 Å². The van der Waals surface area contributed by atoms with Crippen LogP contribution in [0.15, 0.2) is 18.2 Å². The number of rotatable bonds is 5. The third-order valence-electron chi connectivity index (χ3n) is 3.56. The van der Waals surface area contributed by atoms with Crippen molar-refractivity contribution in [1.82, 2.24) is 0 Å². The Morgan fingerprint density at radius 1 is 1.23 bits per heavy atom. The van der Waals surface area contributed by atoms with Crippen LogP contribution in [0.25, 0.3) is 0 Å². The number of aliphatic hydroxyl groups is 1. The third kappa shape index (κ3) is 4.88. The van der Waals surface area contributed by atoms with Crippen molar-refractivity contribution in [2.24, 2.45) is 0 Å². The third-order valence-corrected chi connectivity index (χ3v) is 3.56. The van der Waals surface area contributed by atoms with E-state index in [4.69, 9.17) is 10.4 Å². The number of anilines is 1. The molecule has 0 aliphatic heterocycles. The van der Waals surface area contributed by atoms with Gasteiger partial charge in [0, 0.05) is 5.69 Å². The molecule has 1 aromatic rings. The Kier molecular flexibility index (Phi) is 6.90. The first-order valence-electron chi connectivity index (χ1n) is 6.55. The molecule has 8 heteroatoms. The standard InChI is InChI=1S/C14H22BNO5.ClH/c1-13(2,18)14(3,4)21-15(19)10-6-9(12(17)20-5)7-11(16)8-10;/h6-8,18-19H,16H2,1-5H3;1H. The number of methoxy groups -OCH3 is 1. The van der Waals surface area contributed by atoms with Gasteiger partial charge in [0.05, 0.1) is 23.9 Å². The van der Waals surface area contributed by atoms with E-state index in [1.54, 1.807) is 27.7 Å². The van der Waals surface area contributed by atoms with Crippen LogP contribution in [0.5, 0.6) is 0 Å². The lowest BCUT2D eigenvalue weighted by atomic mass is 9.76. The summed E-state index contributed by atoms with van der Waals surface area (Å²) in [6.45, 7) is 6.48. The lowest BCUT2D eigenvalue weighted by molar-refractivity contribution is -0.0982. The van der Waals surface area contributed by atoms with Crippen molar-refractivity contribution in [2.75, 3.05) is 12.8 Å². The highest BCUT2D eigenvalue weighted by molar-refractivity contribution is 6.60. The van der Waals surface area contributed by atoms with Crippen LogP contribution in [-0.2, 0) is 9.39 Å². The Morgan fingerprint density at radius 3 is 2.23 bits per heavy atom. The van der Waals surface area contributed by atoms with E-state index in [0.29, 0.717) is 11.2 Å². The van der Waals surface area contributed by atoms with E-state index in [1.165, 1.54) is 25.3 Å². The summed E-state index contributed by atoms with van der Waals surface area (Å²) in [6, 6.07) is 4.38. The summed E-state index contributed by atoms with van der Waals surface area (Å²) in [5.41, 5.74) is 4.37. The first kappa shape index (κ1) is 20.7. The van der Waals surface area contributed by atoms with Gasteiger partial charge in [0.25, 0.3) is 0 Å². The van der Waals surface area contributed by atoms with E-state index in [2.05, 4.69) is 4.74 Å². The van der Waals surface area contributed by atoms with Crippen molar-refractivity contribution in [2.45, 2.75) is 38.9 Å². The molecule has 0 aromatic heterocycles. The van der Waals surface area contributed by atoms with Gasteiger partial charge in [-0.1, -0.05) is 0 Å². The highest BCUT2D eigenvalue weighted by Crippen LogP contribution is 2.25. The number of nitrogen functional groups attached to an aromatic ring is 1. The maximum absolute atomic E-state index is 11.5. The zero-order valence-electron chi connectivity index (χ0n) is 13.4. The molecule has 0 fully saturated rings. The van der Waals surface area contributed by atoms with E-state index < -0.39 is 24.3 Å². The van der Waals surface area contributed by atoms with Gasteiger partial charge in [-0.05, 0) is 51.4 Å². The molecule has 0 aliphatic carbocycles. The number of hydrogen-bond donors (Lipinski definition) is 3. The molecule has 0 spiro atoms. The molecule has 0 saturated carbocycles. The second-order valence-electron chi connectivity index (χ2n) is 5.92. The Hall–Kier alpha value is -1.28. The number of halogens is 1. The Morgan fingerprint density at radius 2 is 1.77 bits per heavy atom. The highest BCUT2D eigenvalue weighted by atomic mass is 35.5. The van der Waals surface area contributed by atoms with E-state index in [1.807, 2.05) is 0 Å². The maximum atomic E-state index is 11.5. The van der Waals surface area contributed by atoms with Gasteiger partial charge in [-0.3, -0.25) is 0 Å². The van der Waals surface area contributed by atoms with Crippen LogP contribution in [-0.4, -0.2) is 41.5 Å². The van der Waals surface area contributed by atoms with Crippen LogP contribution in [0.3, 0.4) is 0 Å². The maximum Gasteiger partial charge on any atom is 0.491 e. The van der Waals surface area contributed by atoms with Gasteiger partial charge in [0.1, 0.15) is 0 Å². The van der Waals surface area contributed by atoms with Crippen LogP contribution in [0.2, 0.25) is 0 Å². The fraction of sp³-hybridized carbons (Fsp3) is 0.500. The molecule has 0 unspecified atom stereocenters. The molecule has 0 heterocycles. The number of carbonyl (C=O) groups excluding carboxylic acids is 1. The first-order valence-corrected chi connectivity index (χ1v) is 6.55. The second kappa shape index (κ2) is 7.33. The first-order chi connectivity index (χ1) is 9.48. The monoisotopic (exact) mass is 331 g/mol. The average molecular weight is 332 g/mol. The fourth-order valence-corrected chi connectivity index (χ4v) is 1.55. The van der Waals surface area contributed by atoms with E-state index >= 15 is 0 Å². The molecule has 0 radical (unpaired) electrons. The van der Waals surface area contributed by atoms with E-state index in [9.17, 15) is 14.9 Å². The molecular formula is C14H23BClNO5. The van der Waals surface area contributed by atoms with Crippen LogP contribution in [0.1, 0.15) is 38.1 Å². The van der Waals surface area contributed by atoms with Gasteiger partial charge in [0.15, 0.2) is 0 Å². The number of ether oxygens (including phenoxy) is 1. The molecule has 0 amide bonds. The lowest BCUT2D eigenvalue weighted by Gasteiger charge is -2.38. The van der Waals surface area contributed by atoms with Crippen LogP contribution >= 0.6 is 12.4 Å². The SMILES string of the molecule is COC(=O)c1cc(N)cc(B(O)OC(C)(C)C(C)(C)O)c1.Cl. The summed E-state index contributed by atoms with van der Waals surface area (Å²) in [6.07, 6.45) is 0. The summed E-state index contributed by atoms with van der Waals surface area (Å²) in [4.78, 5) is 11.5. The molecule has 0 bridgehead atoms. The highest BCUT2D eigenvalue weighted by Gasteiger charge is 2.39. The van der Waals surface area contributed by atoms with Crippen LogP contribution in [0, 0.1) is 0 Å². The summed E-state index contributed by atoms with van der Waals surface area (Å²) in [7, 11) is -0.0754. The van der Waals surface area contributed by atoms with Crippen LogP contribution < -0.4 is 11.2 Å². The van der Waals surface area contributed by atoms with Gasteiger partial charge in [-0.15, -0.1) is 12.4 Å². The van der Waals surface area contributed by atoms with Gasteiger partial charge in [0.2, 0.25) is 0 Å². The van der Waals surface area contributed by atoms with Gasteiger partial charge < -0.3 is 25.3 Å². The minimum Gasteiger partial charge on any atom is -0.465 e. The van der Waals surface area contributed by atoms with Crippen molar-refractivity contribution in [1.29, 1.82) is 0 Å². The molecule has 0 saturated heterocycles. The van der Waals surface area contributed by atoms with Crippen molar-refractivity contribution < 1.29 is 24.3 Å². The van der Waals surface area contributed by atoms with Crippen molar-refractivity contribution >= 4 is 36.6 Å². The molecule has 4 N–H and O–H groups in total. The number of esters is 1. The fourth-order valence-electron chi connectivity index (χ4n) is 1.55. The molecule has 1 aromatic carbocycles. The zero-order valence-corrected chi connectivity index (χ0v) is 14.2. The summed E-state index contributed by atoms with van der Waals surface area (Å²) in [5.74, 6) is -0.558. The molecule has 0 atom stereocenters. The normalized spacial score (nSPS) is 11.6. The second-order valence-corrected chi connectivity index (χ2v) is 5.92. The van der Waals surface area contributed by atoms with Crippen LogP contribution in [0.4, 0.5) is 5.69 Å². The molecule has 124 valence electrons. The largest absolute Gasteiger partial charge is 0.491 e. The Balaban J connectivity index is 0.00000441. The summed E-state index contributed by atoms with van der Waals surface area (Å²) in [5, 5.41) is 20.2. The van der Waals surface area contributed by atoms with Crippen molar-refractivity contribution in [3.63, 3.8) is 0 Å². The predicted octanol–water partition coefficient (Wildman–Crippen LogP) is 0.731. The average Bonchev–Trinajstić information content (AvgIpc) is 2.35. The number of benzene rings is 1. The van der Waals surface area contributed by atoms with Crippen molar-refractivity contribution in [3.05, 3.63) is 23.8 Å². The Labute approximate surface area is 137 Å². The molecule has 1 rings (SSSR count). The topological polar surface area (TPSA) is 102 Å². The number of nitrogens with two attached hydrogens (primary N) is 1.